The number of hydrogen-bond donors (Lipinski definition) is 1. The molecular formula is C12H12ClNOS. The molecule has 0 bridgehead atoms. The number of hydrogen-bond acceptors (Lipinski definition) is 3. The zero-order valence-corrected chi connectivity index (χ0v) is 10.4. The van der Waals surface area contributed by atoms with E-state index >= 15 is 0 Å². The van der Waals surface area contributed by atoms with E-state index in [0.717, 1.165) is 27.7 Å². The van der Waals surface area contributed by atoms with Crippen LogP contribution in [0.4, 0.5) is 5.69 Å². The molecule has 0 amide bonds. The third kappa shape index (κ3) is 2.54. The van der Waals surface area contributed by atoms with Crippen LogP contribution in [0.2, 0.25) is 5.02 Å². The van der Waals surface area contributed by atoms with Gasteiger partial charge in [-0.2, -0.15) is 0 Å². The van der Waals surface area contributed by atoms with Gasteiger partial charge in [0, 0.05) is 21.4 Å². The number of anilines is 1. The Morgan fingerprint density at radius 2 is 2.19 bits per heavy atom. The largest absolute Gasteiger partial charge is 0.468 e. The Labute approximate surface area is 104 Å². The number of nitrogens with two attached hydrogens (primary N) is 1. The van der Waals surface area contributed by atoms with Gasteiger partial charge in [-0.15, -0.1) is 11.8 Å². The van der Waals surface area contributed by atoms with Gasteiger partial charge >= 0.3 is 0 Å². The minimum atomic E-state index is 0.672. The molecule has 0 aliphatic heterocycles. The van der Waals surface area contributed by atoms with E-state index in [9.17, 15) is 0 Å². The zero-order chi connectivity index (χ0) is 11.5. The van der Waals surface area contributed by atoms with Crippen LogP contribution in [0.1, 0.15) is 11.3 Å². The summed E-state index contributed by atoms with van der Waals surface area (Å²) in [6.07, 6.45) is 1.70. The lowest BCUT2D eigenvalue weighted by Gasteiger charge is -2.05. The maximum absolute atomic E-state index is 5.88. The smallest absolute Gasteiger partial charge is 0.114 e. The summed E-state index contributed by atoms with van der Waals surface area (Å²) in [5.74, 6) is 1.76. The van der Waals surface area contributed by atoms with Crippen LogP contribution in [0.5, 0.6) is 0 Å². The van der Waals surface area contributed by atoms with Crippen molar-refractivity contribution in [1.82, 2.24) is 0 Å². The second kappa shape index (κ2) is 4.85. The van der Waals surface area contributed by atoms with Gasteiger partial charge in [0.2, 0.25) is 0 Å². The molecule has 0 aliphatic carbocycles. The summed E-state index contributed by atoms with van der Waals surface area (Å²) in [7, 11) is 0. The molecule has 0 saturated heterocycles. The molecule has 0 unspecified atom stereocenters. The van der Waals surface area contributed by atoms with Crippen molar-refractivity contribution in [2.75, 3.05) is 5.73 Å². The van der Waals surface area contributed by atoms with Crippen LogP contribution in [-0.2, 0) is 5.75 Å². The first kappa shape index (κ1) is 11.4. The first-order chi connectivity index (χ1) is 7.66. The number of nitrogen functional groups attached to an aromatic ring is 1. The summed E-state index contributed by atoms with van der Waals surface area (Å²) in [6.45, 7) is 1.95. The molecule has 0 radical (unpaired) electrons. The van der Waals surface area contributed by atoms with Crippen LogP contribution >= 0.6 is 23.4 Å². The zero-order valence-electron chi connectivity index (χ0n) is 8.87. The van der Waals surface area contributed by atoms with Crippen molar-refractivity contribution in [2.24, 2.45) is 0 Å². The van der Waals surface area contributed by atoms with Crippen molar-refractivity contribution in [1.29, 1.82) is 0 Å². The number of rotatable bonds is 3. The van der Waals surface area contributed by atoms with Crippen molar-refractivity contribution in [3.05, 3.63) is 46.9 Å². The maximum atomic E-state index is 5.88. The van der Waals surface area contributed by atoms with E-state index in [2.05, 4.69) is 0 Å². The Morgan fingerprint density at radius 3 is 2.81 bits per heavy atom. The Kier molecular flexibility index (Phi) is 3.46. The van der Waals surface area contributed by atoms with E-state index < -0.39 is 0 Å². The van der Waals surface area contributed by atoms with Gasteiger partial charge in [-0.05, 0) is 30.7 Å². The monoisotopic (exact) mass is 253 g/mol. The highest BCUT2D eigenvalue weighted by Gasteiger charge is 2.05. The molecule has 0 saturated carbocycles. The predicted molar refractivity (Wildman–Crippen MR) is 68.9 cm³/mol. The van der Waals surface area contributed by atoms with Crippen LogP contribution in [0.3, 0.4) is 0 Å². The van der Waals surface area contributed by atoms with Gasteiger partial charge in [0.15, 0.2) is 0 Å². The van der Waals surface area contributed by atoms with Gasteiger partial charge in [-0.1, -0.05) is 17.7 Å². The van der Waals surface area contributed by atoms with Gasteiger partial charge in [0.25, 0.3) is 0 Å². The Balaban J connectivity index is 2.08. The molecule has 2 aromatic rings. The highest BCUT2D eigenvalue weighted by molar-refractivity contribution is 7.98. The number of thioether (sulfide) groups is 1. The van der Waals surface area contributed by atoms with Crippen molar-refractivity contribution >= 4 is 29.1 Å². The third-order valence-electron chi connectivity index (χ3n) is 2.30. The predicted octanol–water partition coefficient (Wildman–Crippen LogP) is 4.12. The third-order valence-corrected chi connectivity index (χ3v) is 3.73. The highest BCUT2D eigenvalue weighted by Crippen LogP contribution is 2.29. The quantitative estimate of drug-likeness (QED) is 0.661. The summed E-state index contributed by atoms with van der Waals surface area (Å²) in [5.41, 5.74) is 7.71. The molecule has 4 heteroatoms. The van der Waals surface area contributed by atoms with Gasteiger partial charge in [-0.25, -0.2) is 0 Å². The van der Waals surface area contributed by atoms with Crippen LogP contribution in [0.15, 0.2) is 39.8 Å². The van der Waals surface area contributed by atoms with Gasteiger partial charge < -0.3 is 10.2 Å². The first-order valence-electron chi connectivity index (χ1n) is 4.87. The molecule has 2 rings (SSSR count). The summed E-state index contributed by atoms with van der Waals surface area (Å²) < 4.78 is 5.23. The number of benzene rings is 1. The summed E-state index contributed by atoms with van der Waals surface area (Å²) in [6, 6.07) is 7.56. The van der Waals surface area contributed by atoms with Gasteiger partial charge in [0.1, 0.15) is 5.76 Å². The van der Waals surface area contributed by atoms with Crippen LogP contribution in [0, 0.1) is 6.92 Å². The lowest BCUT2D eigenvalue weighted by molar-refractivity contribution is 0.527. The molecule has 0 fully saturated rings. The van der Waals surface area contributed by atoms with Crippen molar-refractivity contribution in [2.45, 2.75) is 17.6 Å². The van der Waals surface area contributed by atoms with Crippen molar-refractivity contribution in [3.63, 3.8) is 0 Å². The summed E-state index contributed by atoms with van der Waals surface area (Å²) in [4.78, 5) is 1.15. The van der Waals surface area contributed by atoms with E-state index in [-0.39, 0.29) is 0 Å². The fourth-order valence-electron chi connectivity index (χ4n) is 1.38. The minimum Gasteiger partial charge on any atom is -0.468 e. The van der Waals surface area contributed by atoms with Crippen molar-refractivity contribution < 1.29 is 4.42 Å². The fourth-order valence-corrected chi connectivity index (χ4v) is 2.53. The van der Waals surface area contributed by atoms with E-state index in [1.807, 2.05) is 25.1 Å². The normalized spacial score (nSPS) is 10.6. The highest BCUT2D eigenvalue weighted by atomic mass is 35.5. The standard InChI is InChI=1S/C12H12ClNOS/c1-8-12(4-5-15-8)16-7-9-2-3-10(13)6-11(9)14/h2-6H,7,14H2,1H3. The van der Waals surface area contributed by atoms with Gasteiger partial charge in [-0.3, -0.25) is 0 Å². The minimum absolute atomic E-state index is 0.672. The Hall–Kier alpha value is -1.06. The molecule has 0 atom stereocenters. The van der Waals surface area contributed by atoms with Crippen molar-refractivity contribution in [3.8, 4) is 0 Å². The molecule has 16 heavy (non-hydrogen) atoms. The number of halogens is 1. The second-order valence-electron chi connectivity index (χ2n) is 3.47. The Bertz CT molecular complexity index is 496. The lowest BCUT2D eigenvalue weighted by Crippen LogP contribution is -1.92. The fraction of sp³-hybridized carbons (Fsp3) is 0.167. The molecule has 1 heterocycles. The molecule has 2 nitrogen and oxygen atoms in total. The number of furan rings is 1. The second-order valence-corrected chi connectivity index (χ2v) is 4.93. The lowest BCUT2D eigenvalue weighted by atomic mass is 10.2. The van der Waals surface area contributed by atoms with Gasteiger partial charge in [0.05, 0.1) is 6.26 Å². The summed E-state index contributed by atoms with van der Waals surface area (Å²) >= 11 is 7.55. The van der Waals surface area contributed by atoms with Crippen LogP contribution in [0.25, 0.3) is 0 Å². The maximum Gasteiger partial charge on any atom is 0.114 e. The molecule has 84 valence electrons. The molecule has 2 N–H and O–H groups in total. The average molecular weight is 254 g/mol. The molecule has 1 aromatic heterocycles. The SMILES string of the molecule is Cc1occc1SCc1ccc(Cl)cc1N. The average Bonchev–Trinajstić information content (AvgIpc) is 2.63. The Morgan fingerprint density at radius 1 is 1.38 bits per heavy atom. The summed E-state index contributed by atoms with van der Waals surface area (Å²) in [5, 5.41) is 0.672. The molecule has 1 aromatic carbocycles. The molecular weight excluding hydrogens is 242 g/mol. The van der Waals surface area contributed by atoms with E-state index in [1.165, 1.54) is 0 Å². The first-order valence-corrected chi connectivity index (χ1v) is 6.24. The molecule has 0 spiro atoms. The van der Waals surface area contributed by atoms with E-state index in [1.54, 1.807) is 24.1 Å². The number of aryl methyl sites for hydroxylation is 1. The molecule has 0 aliphatic rings. The van der Waals surface area contributed by atoms with Crippen LogP contribution in [-0.4, -0.2) is 0 Å². The topological polar surface area (TPSA) is 39.2 Å². The van der Waals surface area contributed by atoms with Crippen LogP contribution < -0.4 is 5.73 Å². The van der Waals surface area contributed by atoms with E-state index in [0.29, 0.717) is 5.02 Å². The van der Waals surface area contributed by atoms with E-state index in [4.69, 9.17) is 21.8 Å².